The first kappa shape index (κ1) is 22.2. The number of likely N-dealkylation sites (tertiary alicyclic amines) is 1. The standard InChI is InChI=1S/C23H36N4O3/c1-3-25-23(27-13-7-8-17(16-27)14-21(24)28)26-15-18-9-6-12-20(29-2)22(18)30-19-10-4-5-11-19/h6,9,12,17,19H,3-5,7-8,10-11,13-16H2,1-2H3,(H2,24,28)(H,25,26). The summed E-state index contributed by atoms with van der Waals surface area (Å²) in [4.78, 5) is 18.5. The van der Waals surface area contributed by atoms with Gasteiger partial charge in [-0.1, -0.05) is 12.1 Å². The molecule has 2 aliphatic rings. The summed E-state index contributed by atoms with van der Waals surface area (Å²) in [5.74, 6) is 2.52. The number of benzene rings is 1. The Morgan fingerprint density at radius 3 is 2.77 bits per heavy atom. The Bertz CT molecular complexity index is 731. The molecular weight excluding hydrogens is 380 g/mol. The van der Waals surface area contributed by atoms with Gasteiger partial charge in [-0.2, -0.15) is 0 Å². The minimum Gasteiger partial charge on any atom is -0.493 e. The number of hydrogen-bond acceptors (Lipinski definition) is 4. The Hall–Kier alpha value is -2.44. The molecule has 1 heterocycles. The first-order valence-corrected chi connectivity index (χ1v) is 11.2. The first-order valence-electron chi connectivity index (χ1n) is 11.2. The summed E-state index contributed by atoms with van der Waals surface area (Å²) in [7, 11) is 1.68. The summed E-state index contributed by atoms with van der Waals surface area (Å²) in [6, 6.07) is 6.00. The van der Waals surface area contributed by atoms with Crippen LogP contribution < -0.4 is 20.5 Å². The van der Waals surface area contributed by atoms with Crippen LogP contribution in [0.4, 0.5) is 0 Å². The van der Waals surface area contributed by atoms with E-state index in [4.69, 9.17) is 20.2 Å². The fraction of sp³-hybridized carbons (Fsp3) is 0.652. The molecule has 7 heteroatoms. The van der Waals surface area contributed by atoms with Crippen LogP contribution in [0.2, 0.25) is 0 Å². The van der Waals surface area contributed by atoms with Crippen LogP contribution in [0, 0.1) is 5.92 Å². The van der Waals surface area contributed by atoms with Gasteiger partial charge in [-0.15, -0.1) is 0 Å². The summed E-state index contributed by atoms with van der Waals surface area (Å²) in [5.41, 5.74) is 6.45. The lowest BCUT2D eigenvalue weighted by Gasteiger charge is -2.34. The number of primary amides is 1. The third kappa shape index (κ3) is 6.03. The highest BCUT2D eigenvalue weighted by molar-refractivity contribution is 5.80. The minimum atomic E-state index is -0.228. The van der Waals surface area contributed by atoms with Crippen LogP contribution in [0.3, 0.4) is 0 Å². The number of hydrogen-bond donors (Lipinski definition) is 2. The van der Waals surface area contributed by atoms with E-state index in [1.54, 1.807) is 7.11 Å². The lowest BCUT2D eigenvalue weighted by molar-refractivity contribution is -0.119. The number of carbonyl (C=O) groups excluding carboxylic acids is 1. The molecule has 0 aromatic heterocycles. The molecule has 30 heavy (non-hydrogen) atoms. The zero-order valence-electron chi connectivity index (χ0n) is 18.4. The van der Waals surface area contributed by atoms with Crippen LogP contribution in [-0.2, 0) is 11.3 Å². The lowest BCUT2D eigenvalue weighted by Crippen LogP contribution is -2.47. The van der Waals surface area contributed by atoms with Gasteiger partial charge in [0.2, 0.25) is 5.91 Å². The molecule has 7 nitrogen and oxygen atoms in total. The number of para-hydroxylation sites is 1. The largest absolute Gasteiger partial charge is 0.493 e. The number of carbonyl (C=O) groups is 1. The number of nitrogens with two attached hydrogens (primary N) is 1. The quantitative estimate of drug-likeness (QED) is 0.502. The number of amides is 1. The van der Waals surface area contributed by atoms with Crippen LogP contribution in [-0.4, -0.2) is 49.6 Å². The summed E-state index contributed by atoms with van der Waals surface area (Å²) in [6.07, 6.45) is 7.40. The molecule has 1 aromatic rings. The molecule has 1 aromatic carbocycles. The Labute approximate surface area is 180 Å². The second kappa shape index (κ2) is 11.1. The molecule has 3 rings (SSSR count). The normalized spacial score (nSPS) is 20.3. The van der Waals surface area contributed by atoms with Crippen molar-refractivity contribution in [1.82, 2.24) is 10.2 Å². The van der Waals surface area contributed by atoms with E-state index < -0.39 is 0 Å². The SMILES string of the molecule is CCNC(=NCc1cccc(OC)c1OC1CCCC1)N1CCCC(CC(N)=O)C1. The van der Waals surface area contributed by atoms with Crippen LogP contribution in [0.1, 0.15) is 57.4 Å². The molecule has 1 aliphatic carbocycles. The summed E-state index contributed by atoms with van der Waals surface area (Å²) < 4.78 is 11.9. The van der Waals surface area contributed by atoms with Crippen LogP contribution in [0.5, 0.6) is 11.5 Å². The first-order chi connectivity index (χ1) is 14.6. The summed E-state index contributed by atoms with van der Waals surface area (Å²) in [6.45, 7) is 5.11. The van der Waals surface area contributed by atoms with Crippen molar-refractivity contribution in [2.45, 2.75) is 64.5 Å². The molecular formula is C23H36N4O3. The number of rotatable bonds is 8. The monoisotopic (exact) mass is 416 g/mol. The molecule has 1 atom stereocenters. The van der Waals surface area contributed by atoms with Gasteiger partial charge in [-0.3, -0.25) is 4.79 Å². The zero-order valence-corrected chi connectivity index (χ0v) is 18.4. The van der Waals surface area contributed by atoms with E-state index in [9.17, 15) is 4.79 Å². The third-order valence-corrected chi connectivity index (χ3v) is 5.91. The number of nitrogens with zero attached hydrogens (tertiary/aromatic N) is 2. The second-order valence-corrected chi connectivity index (χ2v) is 8.27. The molecule has 0 bridgehead atoms. The third-order valence-electron chi connectivity index (χ3n) is 5.91. The van der Waals surface area contributed by atoms with Crippen molar-refractivity contribution in [2.75, 3.05) is 26.7 Å². The molecule has 1 saturated heterocycles. The number of aliphatic imine (C=N–C) groups is 1. The van der Waals surface area contributed by atoms with E-state index in [-0.39, 0.29) is 17.9 Å². The van der Waals surface area contributed by atoms with Crippen molar-refractivity contribution in [1.29, 1.82) is 0 Å². The van der Waals surface area contributed by atoms with Crippen molar-refractivity contribution >= 4 is 11.9 Å². The van der Waals surface area contributed by atoms with Gasteiger partial charge < -0.3 is 25.4 Å². The fourth-order valence-corrected chi connectivity index (χ4v) is 4.45. The topological polar surface area (TPSA) is 89.2 Å². The van der Waals surface area contributed by atoms with E-state index in [1.807, 2.05) is 12.1 Å². The lowest BCUT2D eigenvalue weighted by atomic mass is 9.95. The van der Waals surface area contributed by atoms with Gasteiger partial charge in [0.15, 0.2) is 17.5 Å². The van der Waals surface area contributed by atoms with E-state index >= 15 is 0 Å². The van der Waals surface area contributed by atoms with Crippen LogP contribution in [0.15, 0.2) is 23.2 Å². The average molecular weight is 417 g/mol. The molecule has 1 aliphatic heterocycles. The van der Waals surface area contributed by atoms with Crippen molar-refractivity contribution < 1.29 is 14.3 Å². The zero-order chi connectivity index (χ0) is 21.3. The van der Waals surface area contributed by atoms with E-state index in [1.165, 1.54) is 12.8 Å². The molecule has 1 unspecified atom stereocenters. The van der Waals surface area contributed by atoms with Crippen LogP contribution in [0.25, 0.3) is 0 Å². The maximum atomic E-state index is 11.4. The van der Waals surface area contributed by atoms with Crippen molar-refractivity contribution in [3.63, 3.8) is 0 Å². The average Bonchev–Trinajstić information content (AvgIpc) is 3.25. The predicted molar refractivity (Wildman–Crippen MR) is 119 cm³/mol. The second-order valence-electron chi connectivity index (χ2n) is 8.27. The number of methoxy groups -OCH3 is 1. The van der Waals surface area contributed by atoms with E-state index in [0.717, 1.165) is 68.3 Å². The highest BCUT2D eigenvalue weighted by Gasteiger charge is 2.24. The Morgan fingerprint density at radius 2 is 2.07 bits per heavy atom. The number of ether oxygens (including phenoxy) is 2. The maximum absolute atomic E-state index is 11.4. The van der Waals surface area contributed by atoms with Gasteiger partial charge in [0.05, 0.1) is 19.8 Å². The number of guanidine groups is 1. The smallest absolute Gasteiger partial charge is 0.217 e. The highest BCUT2D eigenvalue weighted by Crippen LogP contribution is 2.35. The van der Waals surface area contributed by atoms with E-state index in [0.29, 0.717) is 13.0 Å². The molecule has 0 radical (unpaired) electrons. The Kier molecular flexibility index (Phi) is 8.22. The van der Waals surface area contributed by atoms with Crippen molar-refractivity contribution in [2.24, 2.45) is 16.6 Å². The maximum Gasteiger partial charge on any atom is 0.217 e. The van der Waals surface area contributed by atoms with Gasteiger partial charge in [-0.05, 0) is 57.4 Å². The molecule has 1 amide bonds. The molecule has 0 spiro atoms. The van der Waals surface area contributed by atoms with E-state index in [2.05, 4.69) is 23.2 Å². The minimum absolute atomic E-state index is 0.228. The highest BCUT2D eigenvalue weighted by atomic mass is 16.5. The fourth-order valence-electron chi connectivity index (χ4n) is 4.45. The summed E-state index contributed by atoms with van der Waals surface area (Å²) in [5, 5.41) is 3.41. The molecule has 1 saturated carbocycles. The molecule has 166 valence electrons. The van der Waals surface area contributed by atoms with Gasteiger partial charge in [0.25, 0.3) is 0 Å². The van der Waals surface area contributed by atoms with Gasteiger partial charge in [-0.25, -0.2) is 4.99 Å². The molecule has 2 fully saturated rings. The van der Waals surface area contributed by atoms with Gasteiger partial charge >= 0.3 is 0 Å². The Morgan fingerprint density at radius 1 is 1.27 bits per heavy atom. The predicted octanol–water partition coefficient (Wildman–Crippen LogP) is 3.07. The number of piperidine rings is 1. The summed E-state index contributed by atoms with van der Waals surface area (Å²) >= 11 is 0. The number of nitrogens with one attached hydrogen (secondary N) is 1. The Balaban J connectivity index is 1.76. The van der Waals surface area contributed by atoms with Crippen molar-refractivity contribution in [3.05, 3.63) is 23.8 Å². The van der Waals surface area contributed by atoms with Gasteiger partial charge in [0, 0.05) is 31.6 Å². The van der Waals surface area contributed by atoms with Crippen LogP contribution >= 0.6 is 0 Å². The van der Waals surface area contributed by atoms with Crippen molar-refractivity contribution in [3.8, 4) is 11.5 Å². The molecule has 3 N–H and O–H groups in total. The van der Waals surface area contributed by atoms with Gasteiger partial charge in [0.1, 0.15) is 0 Å².